The van der Waals surface area contributed by atoms with Gasteiger partial charge in [-0.2, -0.15) is 0 Å². The van der Waals surface area contributed by atoms with Gasteiger partial charge in [-0.05, 0) is 50.8 Å². The molecule has 0 heterocycles. The van der Waals surface area contributed by atoms with Crippen molar-refractivity contribution in [2.45, 2.75) is 32.1 Å². The second-order valence-electron chi connectivity index (χ2n) is 5.33. The van der Waals surface area contributed by atoms with Crippen LogP contribution in [-0.4, -0.2) is 19.0 Å². The number of benzene rings is 1. The first kappa shape index (κ1) is 17.6. The molecule has 120 valence electrons. The third-order valence-electron chi connectivity index (χ3n) is 3.58. The zero-order valence-corrected chi connectivity index (χ0v) is 14.5. The van der Waals surface area contributed by atoms with E-state index in [1.54, 1.807) is 6.07 Å². The summed E-state index contributed by atoms with van der Waals surface area (Å²) in [5, 5.41) is 6.96. The Hall–Kier alpha value is -0.740. The molecular formula is C16H19Cl3N2O. The van der Waals surface area contributed by atoms with Crippen LogP contribution in [0, 0.1) is 0 Å². The number of amides is 1. The van der Waals surface area contributed by atoms with E-state index in [9.17, 15) is 4.79 Å². The zero-order chi connectivity index (χ0) is 15.9. The first-order valence-corrected chi connectivity index (χ1v) is 8.52. The van der Waals surface area contributed by atoms with Gasteiger partial charge in [-0.3, -0.25) is 4.79 Å². The van der Waals surface area contributed by atoms with E-state index in [0.717, 1.165) is 13.0 Å². The van der Waals surface area contributed by atoms with Gasteiger partial charge in [-0.1, -0.05) is 46.5 Å². The standard InChI is InChI=1S/C16H19Cl3N2O/c17-12-8-14(19)15(9-13(12)18)21-16(22)10-20-7-6-11-4-2-1-3-5-11/h4,8-9,20H,1-3,5-7,10H2,(H,21,22). The minimum Gasteiger partial charge on any atom is -0.324 e. The van der Waals surface area contributed by atoms with Crippen molar-refractivity contribution >= 4 is 46.4 Å². The van der Waals surface area contributed by atoms with E-state index in [0.29, 0.717) is 20.8 Å². The van der Waals surface area contributed by atoms with Gasteiger partial charge >= 0.3 is 0 Å². The Morgan fingerprint density at radius 1 is 1.09 bits per heavy atom. The molecule has 1 aliphatic rings. The van der Waals surface area contributed by atoms with E-state index in [1.807, 2.05) is 0 Å². The summed E-state index contributed by atoms with van der Waals surface area (Å²) in [5.74, 6) is -0.155. The molecule has 3 nitrogen and oxygen atoms in total. The fraction of sp³-hybridized carbons (Fsp3) is 0.438. The van der Waals surface area contributed by atoms with Gasteiger partial charge in [0, 0.05) is 0 Å². The summed E-state index contributed by atoms with van der Waals surface area (Å²) >= 11 is 17.8. The first-order valence-electron chi connectivity index (χ1n) is 7.39. The third-order valence-corrected chi connectivity index (χ3v) is 4.61. The second kappa shape index (κ2) is 8.78. The quantitative estimate of drug-likeness (QED) is 0.422. The molecule has 0 radical (unpaired) electrons. The molecule has 1 aliphatic carbocycles. The lowest BCUT2D eigenvalue weighted by molar-refractivity contribution is -0.115. The monoisotopic (exact) mass is 360 g/mol. The Morgan fingerprint density at radius 2 is 1.86 bits per heavy atom. The molecule has 22 heavy (non-hydrogen) atoms. The highest BCUT2D eigenvalue weighted by Crippen LogP contribution is 2.32. The molecule has 0 bridgehead atoms. The summed E-state index contributed by atoms with van der Waals surface area (Å²) in [6.45, 7) is 1.04. The number of rotatable bonds is 6. The maximum Gasteiger partial charge on any atom is 0.238 e. The SMILES string of the molecule is O=C(CNCCC1=CCCCC1)Nc1cc(Cl)c(Cl)cc1Cl. The van der Waals surface area contributed by atoms with Crippen LogP contribution in [0.4, 0.5) is 5.69 Å². The molecule has 0 saturated heterocycles. The van der Waals surface area contributed by atoms with Crippen LogP contribution in [0.3, 0.4) is 0 Å². The maximum absolute atomic E-state index is 11.9. The predicted molar refractivity (Wildman–Crippen MR) is 94.1 cm³/mol. The Labute approximate surface area is 146 Å². The van der Waals surface area contributed by atoms with Crippen molar-refractivity contribution in [3.8, 4) is 0 Å². The number of halogens is 3. The topological polar surface area (TPSA) is 41.1 Å². The summed E-state index contributed by atoms with van der Waals surface area (Å²) in [4.78, 5) is 11.9. The van der Waals surface area contributed by atoms with Crippen LogP contribution >= 0.6 is 34.8 Å². The molecule has 1 aromatic rings. The second-order valence-corrected chi connectivity index (χ2v) is 6.55. The summed E-state index contributed by atoms with van der Waals surface area (Å²) in [7, 11) is 0. The Morgan fingerprint density at radius 3 is 2.59 bits per heavy atom. The molecule has 0 fully saturated rings. The summed E-state index contributed by atoms with van der Waals surface area (Å²) in [5.41, 5.74) is 1.96. The molecule has 0 saturated carbocycles. The smallest absolute Gasteiger partial charge is 0.238 e. The van der Waals surface area contributed by atoms with E-state index in [1.165, 1.54) is 37.3 Å². The van der Waals surface area contributed by atoms with E-state index in [2.05, 4.69) is 16.7 Å². The summed E-state index contributed by atoms with van der Waals surface area (Å²) in [6.07, 6.45) is 8.27. The third kappa shape index (κ3) is 5.47. The molecule has 0 aliphatic heterocycles. The molecule has 0 aromatic heterocycles. The highest BCUT2D eigenvalue weighted by atomic mass is 35.5. The Bertz CT molecular complexity index is 573. The lowest BCUT2D eigenvalue weighted by Gasteiger charge is -2.13. The van der Waals surface area contributed by atoms with Gasteiger partial charge in [0.15, 0.2) is 0 Å². The van der Waals surface area contributed by atoms with E-state index >= 15 is 0 Å². The average molecular weight is 362 g/mol. The number of anilines is 1. The van der Waals surface area contributed by atoms with Crippen LogP contribution in [-0.2, 0) is 4.79 Å². The van der Waals surface area contributed by atoms with E-state index in [-0.39, 0.29) is 12.5 Å². The molecule has 0 atom stereocenters. The number of nitrogens with one attached hydrogen (secondary N) is 2. The van der Waals surface area contributed by atoms with Crippen LogP contribution in [0.15, 0.2) is 23.8 Å². The van der Waals surface area contributed by atoms with Crippen LogP contribution in [0.5, 0.6) is 0 Å². The average Bonchev–Trinajstić information content (AvgIpc) is 2.50. The predicted octanol–water partition coefficient (Wildman–Crippen LogP) is 5.07. The van der Waals surface area contributed by atoms with Crippen molar-refractivity contribution in [3.63, 3.8) is 0 Å². The van der Waals surface area contributed by atoms with E-state index < -0.39 is 0 Å². The van der Waals surface area contributed by atoms with Crippen molar-refractivity contribution in [3.05, 3.63) is 38.8 Å². The van der Waals surface area contributed by atoms with E-state index in [4.69, 9.17) is 34.8 Å². The van der Waals surface area contributed by atoms with Crippen LogP contribution in [0.25, 0.3) is 0 Å². The molecule has 0 unspecified atom stereocenters. The highest BCUT2D eigenvalue weighted by Gasteiger charge is 2.09. The van der Waals surface area contributed by atoms with Crippen molar-refractivity contribution in [1.82, 2.24) is 5.32 Å². The maximum atomic E-state index is 11.9. The number of hydrogen-bond donors (Lipinski definition) is 2. The van der Waals surface area contributed by atoms with Crippen molar-refractivity contribution in [2.75, 3.05) is 18.4 Å². The Kier molecular flexibility index (Phi) is 7.03. The molecular weight excluding hydrogens is 343 g/mol. The number of hydrogen-bond acceptors (Lipinski definition) is 2. The fourth-order valence-corrected chi connectivity index (χ4v) is 2.99. The molecule has 1 amide bonds. The van der Waals surface area contributed by atoms with Gasteiger partial charge in [-0.15, -0.1) is 0 Å². The minimum atomic E-state index is -0.155. The highest BCUT2D eigenvalue weighted by molar-refractivity contribution is 6.44. The number of carbonyl (C=O) groups is 1. The van der Waals surface area contributed by atoms with Crippen LogP contribution in [0.1, 0.15) is 32.1 Å². The van der Waals surface area contributed by atoms with Crippen molar-refractivity contribution in [2.24, 2.45) is 0 Å². The van der Waals surface area contributed by atoms with Gasteiger partial charge < -0.3 is 10.6 Å². The van der Waals surface area contributed by atoms with Crippen LogP contribution in [0.2, 0.25) is 15.1 Å². The van der Waals surface area contributed by atoms with Gasteiger partial charge in [0.25, 0.3) is 0 Å². The van der Waals surface area contributed by atoms with Crippen molar-refractivity contribution in [1.29, 1.82) is 0 Å². The molecule has 6 heteroatoms. The molecule has 2 N–H and O–H groups in total. The lowest BCUT2D eigenvalue weighted by Crippen LogP contribution is -2.29. The minimum absolute atomic E-state index is 0.155. The number of carbonyl (C=O) groups excluding carboxylic acids is 1. The van der Waals surface area contributed by atoms with Gasteiger partial charge in [0.05, 0.1) is 27.3 Å². The first-order chi connectivity index (χ1) is 10.6. The Balaban J connectivity index is 1.74. The lowest BCUT2D eigenvalue weighted by atomic mass is 9.97. The van der Waals surface area contributed by atoms with Gasteiger partial charge in [0.1, 0.15) is 0 Å². The fourth-order valence-electron chi connectivity index (χ4n) is 2.40. The van der Waals surface area contributed by atoms with Gasteiger partial charge in [-0.25, -0.2) is 0 Å². The van der Waals surface area contributed by atoms with Crippen LogP contribution < -0.4 is 10.6 Å². The summed E-state index contributed by atoms with van der Waals surface area (Å²) in [6, 6.07) is 3.07. The number of allylic oxidation sites excluding steroid dienone is 1. The molecule has 2 rings (SSSR count). The zero-order valence-electron chi connectivity index (χ0n) is 12.2. The largest absolute Gasteiger partial charge is 0.324 e. The summed E-state index contributed by atoms with van der Waals surface area (Å²) < 4.78 is 0. The molecule has 1 aromatic carbocycles. The van der Waals surface area contributed by atoms with Gasteiger partial charge in [0.2, 0.25) is 5.91 Å². The van der Waals surface area contributed by atoms with Crippen molar-refractivity contribution < 1.29 is 4.79 Å². The normalized spacial score (nSPS) is 14.6. The molecule has 0 spiro atoms.